The Bertz CT molecular complexity index is 715. The third-order valence-electron chi connectivity index (χ3n) is 2.54. The maximum Gasteiger partial charge on any atom is 0.329 e. The molecule has 2 N–H and O–H groups in total. The molecular formula is C15H11Br2N3O2. The zero-order valence-corrected chi connectivity index (χ0v) is 14.4. The van der Waals surface area contributed by atoms with Gasteiger partial charge in [-0.15, -0.1) is 0 Å². The van der Waals surface area contributed by atoms with Crippen LogP contribution >= 0.6 is 31.9 Å². The van der Waals surface area contributed by atoms with Crippen molar-refractivity contribution in [3.05, 3.63) is 63.0 Å². The third kappa shape index (κ3) is 5.09. The molecular weight excluding hydrogens is 414 g/mol. The first kappa shape index (κ1) is 16.4. The van der Waals surface area contributed by atoms with Crippen molar-refractivity contribution >= 4 is 55.6 Å². The van der Waals surface area contributed by atoms with E-state index in [9.17, 15) is 9.59 Å². The number of halogens is 2. The zero-order chi connectivity index (χ0) is 15.9. The Labute approximate surface area is 144 Å². The smallest absolute Gasteiger partial charge is 0.318 e. The third-order valence-corrected chi connectivity index (χ3v) is 3.56. The van der Waals surface area contributed by atoms with E-state index in [1.54, 1.807) is 18.2 Å². The molecule has 0 atom stereocenters. The largest absolute Gasteiger partial charge is 0.329 e. The molecule has 7 heteroatoms. The van der Waals surface area contributed by atoms with Crippen molar-refractivity contribution in [3.8, 4) is 0 Å². The van der Waals surface area contributed by atoms with Gasteiger partial charge in [0.1, 0.15) is 0 Å². The monoisotopic (exact) mass is 423 g/mol. The van der Waals surface area contributed by atoms with E-state index in [-0.39, 0.29) is 0 Å². The first-order valence-electron chi connectivity index (χ1n) is 6.20. The second kappa shape index (κ2) is 7.86. The van der Waals surface area contributed by atoms with Gasteiger partial charge >= 0.3 is 11.8 Å². The number of rotatable bonds is 3. The van der Waals surface area contributed by atoms with Crippen LogP contribution in [0.5, 0.6) is 0 Å². The molecule has 5 nitrogen and oxygen atoms in total. The van der Waals surface area contributed by atoms with Crippen LogP contribution in [0.25, 0.3) is 0 Å². The Morgan fingerprint density at radius 2 is 1.68 bits per heavy atom. The van der Waals surface area contributed by atoms with E-state index in [0.717, 1.165) is 14.5 Å². The molecule has 22 heavy (non-hydrogen) atoms. The maximum absolute atomic E-state index is 11.7. The number of carbonyl (C=O) groups excluding carboxylic acids is 2. The predicted octanol–water partition coefficient (Wildman–Crippen LogP) is 3.30. The number of anilines is 1. The Morgan fingerprint density at radius 3 is 2.36 bits per heavy atom. The van der Waals surface area contributed by atoms with Crippen LogP contribution in [0.2, 0.25) is 0 Å². The van der Waals surface area contributed by atoms with Gasteiger partial charge < -0.3 is 5.32 Å². The van der Waals surface area contributed by atoms with E-state index in [2.05, 4.69) is 47.7 Å². The Kier molecular flexibility index (Phi) is 5.85. The Hall–Kier alpha value is -1.99. The number of nitrogens with one attached hydrogen (secondary N) is 2. The van der Waals surface area contributed by atoms with E-state index in [1.807, 2.05) is 30.3 Å². The van der Waals surface area contributed by atoms with Crippen LogP contribution in [0.4, 0.5) is 5.69 Å². The predicted molar refractivity (Wildman–Crippen MR) is 92.7 cm³/mol. The normalized spacial score (nSPS) is 10.5. The number of hydrogen-bond acceptors (Lipinski definition) is 3. The zero-order valence-electron chi connectivity index (χ0n) is 11.2. The molecule has 2 aromatic rings. The first-order valence-corrected chi connectivity index (χ1v) is 7.79. The van der Waals surface area contributed by atoms with Crippen molar-refractivity contribution in [3.63, 3.8) is 0 Å². The topological polar surface area (TPSA) is 70.6 Å². The van der Waals surface area contributed by atoms with Crippen LogP contribution in [0.15, 0.2) is 62.6 Å². The fourth-order valence-electron chi connectivity index (χ4n) is 1.52. The fraction of sp³-hybridized carbons (Fsp3) is 0. The summed E-state index contributed by atoms with van der Waals surface area (Å²) in [6, 6.07) is 14.3. The average molecular weight is 425 g/mol. The number of hydrogen-bond donors (Lipinski definition) is 2. The quantitative estimate of drug-likeness (QED) is 0.450. The van der Waals surface area contributed by atoms with Gasteiger partial charge in [0.05, 0.1) is 6.21 Å². The van der Waals surface area contributed by atoms with Crippen LogP contribution < -0.4 is 10.7 Å². The summed E-state index contributed by atoms with van der Waals surface area (Å²) in [6.07, 6.45) is 1.46. The van der Waals surface area contributed by atoms with Gasteiger partial charge in [-0.25, -0.2) is 5.43 Å². The van der Waals surface area contributed by atoms with Gasteiger partial charge in [0, 0.05) is 14.6 Å². The molecule has 2 amide bonds. The second-order valence-corrected chi connectivity index (χ2v) is 6.05. The summed E-state index contributed by atoms with van der Waals surface area (Å²) in [5, 5.41) is 6.22. The van der Waals surface area contributed by atoms with Crippen molar-refractivity contribution < 1.29 is 9.59 Å². The number of nitrogens with zero attached hydrogens (tertiary/aromatic N) is 1. The van der Waals surface area contributed by atoms with Crippen molar-refractivity contribution in [1.82, 2.24) is 5.43 Å². The highest BCUT2D eigenvalue weighted by molar-refractivity contribution is 9.10. The van der Waals surface area contributed by atoms with Gasteiger partial charge in [0.2, 0.25) is 0 Å². The molecule has 2 rings (SSSR count). The molecule has 0 aliphatic rings. The highest BCUT2D eigenvalue weighted by Crippen LogP contribution is 2.15. The van der Waals surface area contributed by atoms with Crippen molar-refractivity contribution in [1.29, 1.82) is 0 Å². The van der Waals surface area contributed by atoms with Crippen LogP contribution in [-0.4, -0.2) is 18.0 Å². The Balaban J connectivity index is 1.89. The van der Waals surface area contributed by atoms with Gasteiger partial charge in [0.25, 0.3) is 0 Å². The van der Waals surface area contributed by atoms with E-state index in [4.69, 9.17) is 0 Å². The summed E-state index contributed by atoms with van der Waals surface area (Å²) >= 11 is 6.61. The lowest BCUT2D eigenvalue weighted by molar-refractivity contribution is -0.136. The molecule has 0 aliphatic carbocycles. The molecule has 0 saturated carbocycles. The molecule has 0 spiro atoms. The summed E-state index contributed by atoms with van der Waals surface area (Å²) in [5.74, 6) is -1.63. The van der Waals surface area contributed by atoms with Gasteiger partial charge in [-0.3, -0.25) is 9.59 Å². The molecule has 2 aromatic carbocycles. The minimum absolute atomic E-state index is 0.520. The number of hydrazone groups is 1. The summed E-state index contributed by atoms with van der Waals surface area (Å²) in [5.41, 5.74) is 3.50. The number of carbonyl (C=O) groups is 2. The standard InChI is InChI=1S/C15H11Br2N3O2/c16-11-6-4-10(5-7-11)9-18-20-15(22)14(21)19-13-3-1-2-12(17)8-13/h1-9H,(H,19,21)(H,20,22)/b18-9-. The van der Waals surface area contributed by atoms with Crippen molar-refractivity contribution in [2.45, 2.75) is 0 Å². The summed E-state index contributed by atoms with van der Waals surface area (Å²) in [7, 11) is 0. The maximum atomic E-state index is 11.7. The summed E-state index contributed by atoms with van der Waals surface area (Å²) in [6.45, 7) is 0. The molecule has 0 aliphatic heterocycles. The SMILES string of the molecule is O=C(N/N=C\c1ccc(Br)cc1)C(=O)Nc1cccc(Br)c1. The van der Waals surface area contributed by atoms with Crippen molar-refractivity contribution in [2.24, 2.45) is 5.10 Å². The lowest BCUT2D eigenvalue weighted by atomic mass is 10.2. The van der Waals surface area contributed by atoms with E-state index in [0.29, 0.717) is 5.69 Å². The molecule has 0 saturated heterocycles. The second-order valence-electron chi connectivity index (χ2n) is 4.22. The van der Waals surface area contributed by atoms with Gasteiger partial charge in [0.15, 0.2) is 0 Å². The lowest BCUT2D eigenvalue weighted by Gasteiger charge is -2.04. The van der Waals surface area contributed by atoms with Crippen LogP contribution in [0.1, 0.15) is 5.56 Å². The minimum Gasteiger partial charge on any atom is -0.318 e. The first-order chi connectivity index (χ1) is 10.5. The number of benzene rings is 2. The van der Waals surface area contributed by atoms with Gasteiger partial charge in [-0.05, 0) is 35.9 Å². The average Bonchev–Trinajstić information content (AvgIpc) is 2.49. The Morgan fingerprint density at radius 1 is 0.955 bits per heavy atom. The minimum atomic E-state index is -0.840. The molecule has 0 unspecified atom stereocenters. The summed E-state index contributed by atoms with van der Waals surface area (Å²) in [4.78, 5) is 23.3. The van der Waals surface area contributed by atoms with E-state index < -0.39 is 11.8 Å². The highest BCUT2D eigenvalue weighted by atomic mass is 79.9. The molecule has 0 bridgehead atoms. The van der Waals surface area contributed by atoms with Gasteiger partial charge in [-0.2, -0.15) is 5.10 Å². The van der Waals surface area contributed by atoms with Crippen LogP contribution in [-0.2, 0) is 9.59 Å². The van der Waals surface area contributed by atoms with E-state index in [1.165, 1.54) is 6.21 Å². The number of amides is 2. The summed E-state index contributed by atoms with van der Waals surface area (Å²) < 4.78 is 1.75. The molecule has 0 radical (unpaired) electrons. The highest BCUT2D eigenvalue weighted by Gasteiger charge is 2.12. The van der Waals surface area contributed by atoms with Crippen molar-refractivity contribution in [2.75, 3.05) is 5.32 Å². The molecule has 112 valence electrons. The fourth-order valence-corrected chi connectivity index (χ4v) is 2.18. The molecule has 0 fully saturated rings. The molecule has 0 heterocycles. The van der Waals surface area contributed by atoms with Crippen LogP contribution in [0.3, 0.4) is 0 Å². The molecule has 0 aromatic heterocycles. The van der Waals surface area contributed by atoms with Crippen LogP contribution in [0, 0.1) is 0 Å². The van der Waals surface area contributed by atoms with Gasteiger partial charge in [-0.1, -0.05) is 50.1 Å². The lowest BCUT2D eigenvalue weighted by Crippen LogP contribution is -2.32. The van der Waals surface area contributed by atoms with E-state index >= 15 is 0 Å².